The number of carboxylic acid groups (broad SMARTS) is 1. The number of hydrogen-bond acceptors (Lipinski definition) is 3. The highest BCUT2D eigenvalue weighted by atomic mass is 16.5. The van der Waals surface area contributed by atoms with Gasteiger partial charge < -0.3 is 15.6 Å². The number of ether oxygens (including phenoxy) is 1. The Bertz CT molecular complexity index is 415. The molecule has 0 aliphatic rings. The topological polar surface area (TPSA) is 72.5 Å². The van der Waals surface area contributed by atoms with Gasteiger partial charge in [0.25, 0.3) is 0 Å². The number of carboxylic acids is 1. The zero-order valence-corrected chi connectivity index (χ0v) is 10.5. The quantitative estimate of drug-likeness (QED) is 0.816. The van der Waals surface area contributed by atoms with Crippen LogP contribution in [-0.2, 0) is 11.2 Å². The van der Waals surface area contributed by atoms with E-state index in [-0.39, 0.29) is 12.5 Å². The predicted molar refractivity (Wildman–Crippen MR) is 66.4 cm³/mol. The molecule has 4 heteroatoms. The Morgan fingerprint density at radius 2 is 2.06 bits per heavy atom. The van der Waals surface area contributed by atoms with Crippen molar-refractivity contribution in [3.63, 3.8) is 0 Å². The van der Waals surface area contributed by atoms with Gasteiger partial charge in [-0.1, -0.05) is 6.07 Å². The summed E-state index contributed by atoms with van der Waals surface area (Å²) in [6, 6.07) is 3.62. The Morgan fingerprint density at radius 1 is 1.41 bits per heavy atom. The maximum atomic E-state index is 10.6. The van der Waals surface area contributed by atoms with E-state index in [4.69, 9.17) is 15.6 Å². The highest BCUT2D eigenvalue weighted by Crippen LogP contribution is 2.23. The second-order valence-corrected chi connectivity index (χ2v) is 4.31. The van der Waals surface area contributed by atoms with Crippen molar-refractivity contribution in [1.29, 1.82) is 0 Å². The fourth-order valence-electron chi connectivity index (χ4n) is 1.87. The van der Waals surface area contributed by atoms with E-state index in [1.807, 2.05) is 26.0 Å². The molecule has 0 spiro atoms. The van der Waals surface area contributed by atoms with E-state index < -0.39 is 5.97 Å². The molecule has 1 aromatic carbocycles. The molecule has 0 saturated carbocycles. The van der Waals surface area contributed by atoms with Crippen molar-refractivity contribution in [3.8, 4) is 5.75 Å². The van der Waals surface area contributed by atoms with Crippen LogP contribution in [0.1, 0.15) is 23.1 Å². The average molecular weight is 237 g/mol. The Kier molecular flexibility index (Phi) is 4.52. The zero-order valence-electron chi connectivity index (χ0n) is 10.5. The molecule has 94 valence electrons. The molecule has 1 atom stereocenters. The molecule has 0 aliphatic heterocycles. The molecule has 0 heterocycles. The molecule has 17 heavy (non-hydrogen) atoms. The number of rotatable bonds is 5. The standard InChI is InChI=1S/C13H19NO3/c1-8-5-12(17-3)9(2)4-10(8)6-11(14)7-13(15)16/h4-5,11H,6-7,14H2,1-3H3,(H,15,16). The van der Waals surface area contributed by atoms with E-state index in [0.29, 0.717) is 6.42 Å². The molecule has 0 aromatic heterocycles. The SMILES string of the molecule is COc1cc(C)c(CC(N)CC(=O)O)cc1C. The Balaban J connectivity index is 2.84. The van der Waals surface area contributed by atoms with E-state index in [0.717, 1.165) is 22.4 Å². The minimum atomic E-state index is -0.861. The largest absolute Gasteiger partial charge is 0.496 e. The number of aliphatic carboxylic acids is 1. The lowest BCUT2D eigenvalue weighted by Crippen LogP contribution is -2.26. The van der Waals surface area contributed by atoms with Crippen LogP contribution in [0.25, 0.3) is 0 Å². The fraction of sp³-hybridized carbons (Fsp3) is 0.462. The third-order valence-corrected chi connectivity index (χ3v) is 2.77. The van der Waals surface area contributed by atoms with Crippen LogP contribution in [0.5, 0.6) is 5.75 Å². The maximum Gasteiger partial charge on any atom is 0.304 e. The summed E-state index contributed by atoms with van der Waals surface area (Å²) in [6.07, 6.45) is 0.563. The van der Waals surface area contributed by atoms with E-state index in [1.165, 1.54) is 0 Å². The number of carbonyl (C=O) groups is 1. The number of benzene rings is 1. The first kappa shape index (κ1) is 13.5. The van der Waals surface area contributed by atoms with Gasteiger partial charge in [0.2, 0.25) is 0 Å². The van der Waals surface area contributed by atoms with Crippen LogP contribution < -0.4 is 10.5 Å². The van der Waals surface area contributed by atoms with Crippen LogP contribution in [-0.4, -0.2) is 24.2 Å². The average Bonchev–Trinajstić information content (AvgIpc) is 2.21. The second kappa shape index (κ2) is 5.68. The van der Waals surface area contributed by atoms with Crippen molar-refractivity contribution in [2.24, 2.45) is 5.73 Å². The van der Waals surface area contributed by atoms with Gasteiger partial charge in [-0.15, -0.1) is 0 Å². The number of aryl methyl sites for hydroxylation is 2. The highest BCUT2D eigenvalue weighted by molar-refractivity contribution is 5.67. The van der Waals surface area contributed by atoms with E-state index in [9.17, 15) is 4.79 Å². The van der Waals surface area contributed by atoms with Crippen molar-refractivity contribution in [2.75, 3.05) is 7.11 Å². The number of hydrogen-bond donors (Lipinski definition) is 2. The molecule has 0 amide bonds. The van der Waals surface area contributed by atoms with Crippen LogP contribution in [0, 0.1) is 13.8 Å². The summed E-state index contributed by atoms with van der Waals surface area (Å²) in [5.74, 6) is -0.0153. The van der Waals surface area contributed by atoms with Crippen molar-refractivity contribution in [1.82, 2.24) is 0 Å². The third kappa shape index (κ3) is 3.75. The van der Waals surface area contributed by atoms with Crippen LogP contribution >= 0.6 is 0 Å². The van der Waals surface area contributed by atoms with Crippen molar-refractivity contribution >= 4 is 5.97 Å². The minimum absolute atomic E-state index is 0.00941. The van der Waals surface area contributed by atoms with Gasteiger partial charge >= 0.3 is 5.97 Å². The van der Waals surface area contributed by atoms with Crippen LogP contribution in [0.2, 0.25) is 0 Å². The van der Waals surface area contributed by atoms with Crippen LogP contribution in [0.3, 0.4) is 0 Å². The first-order chi connectivity index (χ1) is 7.93. The number of nitrogens with two attached hydrogens (primary N) is 1. The van der Waals surface area contributed by atoms with E-state index >= 15 is 0 Å². The van der Waals surface area contributed by atoms with E-state index in [1.54, 1.807) is 7.11 Å². The summed E-state index contributed by atoms with van der Waals surface area (Å²) in [6.45, 7) is 3.94. The third-order valence-electron chi connectivity index (χ3n) is 2.77. The molecule has 0 radical (unpaired) electrons. The first-order valence-corrected chi connectivity index (χ1v) is 5.55. The summed E-state index contributed by atoms with van der Waals surface area (Å²) in [7, 11) is 1.64. The predicted octanol–water partition coefficient (Wildman–Crippen LogP) is 1.66. The van der Waals surface area contributed by atoms with Gasteiger partial charge in [-0.25, -0.2) is 0 Å². The molecule has 0 saturated heterocycles. The van der Waals surface area contributed by atoms with Crippen molar-refractivity contribution in [3.05, 3.63) is 28.8 Å². The summed E-state index contributed by atoms with van der Waals surface area (Å²) < 4.78 is 5.22. The minimum Gasteiger partial charge on any atom is -0.496 e. The molecule has 1 unspecified atom stereocenters. The molecule has 1 rings (SSSR count). The van der Waals surface area contributed by atoms with Crippen molar-refractivity contribution < 1.29 is 14.6 Å². The molecular formula is C13H19NO3. The van der Waals surface area contributed by atoms with Gasteiger partial charge in [0, 0.05) is 6.04 Å². The summed E-state index contributed by atoms with van der Waals surface area (Å²) in [5.41, 5.74) is 8.98. The molecule has 1 aromatic rings. The maximum absolute atomic E-state index is 10.6. The molecule has 0 aliphatic carbocycles. The Hall–Kier alpha value is -1.55. The molecule has 3 N–H and O–H groups in total. The summed E-state index contributed by atoms with van der Waals surface area (Å²) in [5, 5.41) is 8.67. The van der Waals surface area contributed by atoms with Gasteiger partial charge in [0.05, 0.1) is 13.5 Å². The molecule has 0 bridgehead atoms. The molecule has 0 fully saturated rings. The first-order valence-electron chi connectivity index (χ1n) is 5.55. The summed E-state index contributed by atoms with van der Waals surface area (Å²) >= 11 is 0. The van der Waals surface area contributed by atoms with E-state index in [2.05, 4.69) is 0 Å². The Morgan fingerprint density at radius 3 is 2.59 bits per heavy atom. The Labute approximate surface area is 101 Å². The zero-order chi connectivity index (χ0) is 13.0. The lowest BCUT2D eigenvalue weighted by Gasteiger charge is -2.14. The normalized spacial score (nSPS) is 12.2. The highest BCUT2D eigenvalue weighted by Gasteiger charge is 2.12. The molecular weight excluding hydrogens is 218 g/mol. The van der Waals surface area contributed by atoms with Gasteiger partial charge in [0.15, 0.2) is 0 Å². The van der Waals surface area contributed by atoms with Gasteiger partial charge in [-0.2, -0.15) is 0 Å². The van der Waals surface area contributed by atoms with Gasteiger partial charge in [-0.3, -0.25) is 4.79 Å². The lowest BCUT2D eigenvalue weighted by atomic mass is 9.97. The second-order valence-electron chi connectivity index (χ2n) is 4.31. The van der Waals surface area contributed by atoms with Gasteiger partial charge in [0.1, 0.15) is 5.75 Å². The number of methoxy groups -OCH3 is 1. The van der Waals surface area contributed by atoms with Crippen LogP contribution in [0.4, 0.5) is 0 Å². The fourth-order valence-corrected chi connectivity index (χ4v) is 1.87. The van der Waals surface area contributed by atoms with Gasteiger partial charge in [-0.05, 0) is 43.0 Å². The molecule has 4 nitrogen and oxygen atoms in total. The van der Waals surface area contributed by atoms with Crippen LogP contribution in [0.15, 0.2) is 12.1 Å². The summed E-state index contributed by atoms with van der Waals surface area (Å²) in [4.78, 5) is 10.6. The van der Waals surface area contributed by atoms with Crippen molar-refractivity contribution in [2.45, 2.75) is 32.7 Å². The smallest absolute Gasteiger partial charge is 0.304 e. The monoisotopic (exact) mass is 237 g/mol. The lowest BCUT2D eigenvalue weighted by molar-refractivity contribution is -0.137.